The molecule has 0 amide bonds. The number of aromatic nitrogens is 1. The second-order valence-corrected chi connectivity index (χ2v) is 3.23. The van der Waals surface area contributed by atoms with E-state index in [9.17, 15) is 0 Å². The van der Waals surface area contributed by atoms with Crippen molar-refractivity contribution in [3.8, 4) is 0 Å². The molecule has 0 bridgehead atoms. The Labute approximate surface area is 79.5 Å². The molecule has 1 aromatic rings. The molecular weight excluding hydrogens is 162 g/mol. The molecule has 1 rings (SSSR count). The molecular formula is C11H17NO. The molecule has 72 valence electrons. The summed E-state index contributed by atoms with van der Waals surface area (Å²) in [5, 5.41) is 9.08. The number of aryl methyl sites for hydroxylation is 1. The van der Waals surface area contributed by atoms with Crippen LogP contribution in [0.15, 0.2) is 24.4 Å². The smallest absolute Gasteiger partial charge is 0.0696 e. The number of aliphatic hydroxyl groups excluding tert-OH is 1. The molecule has 0 aliphatic carbocycles. The SMILES string of the molecule is CCCn1cccc1/C=C/C(C)O. The Kier molecular flexibility index (Phi) is 3.77. The Hall–Kier alpha value is -1.02. The molecule has 1 atom stereocenters. The summed E-state index contributed by atoms with van der Waals surface area (Å²) in [5.41, 5.74) is 1.16. The van der Waals surface area contributed by atoms with Crippen molar-refractivity contribution >= 4 is 6.08 Å². The van der Waals surface area contributed by atoms with E-state index < -0.39 is 0 Å². The van der Waals surface area contributed by atoms with Gasteiger partial charge in [0.1, 0.15) is 0 Å². The second kappa shape index (κ2) is 4.87. The zero-order valence-electron chi connectivity index (χ0n) is 8.27. The first-order valence-electron chi connectivity index (χ1n) is 4.75. The Morgan fingerprint density at radius 2 is 2.38 bits per heavy atom. The summed E-state index contributed by atoms with van der Waals surface area (Å²) in [4.78, 5) is 0. The quantitative estimate of drug-likeness (QED) is 0.753. The summed E-state index contributed by atoms with van der Waals surface area (Å²) >= 11 is 0. The van der Waals surface area contributed by atoms with Gasteiger partial charge in [-0.15, -0.1) is 0 Å². The van der Waals surface area contributed by atoms with Crippen LogP contribution in [0.2, 0.25) is 0 Å². The fraction of sp³-hybridized carbons (Fsp3) is 0.455. The molecule has 0 saturated carbocycles. The van der Waals surface area contributed by atoms with Crippen LogP contribution in [0.25, 0.3) is 6.08 Å². The highest BCUT2D eigenvalue weighted by atomic mass is 16.3. The predicted molar refractivity (Wildman–Crippen MR) is 55.4 cm³/mol. The largest absolute Gasteiger partial charge is 0.389 e. The molecule has 13 heavy (non-hydrogen) atoms. The van der Waals surface area contributed by atoms with E-state index in [1.54, 1.807) is 13.0 Å². The average molecular weight is 179 g/mol. The van der Waals surface area contributed by atoms with Gasteiger partial charge in [-0.3, -0.25) is 0 Å². The Morgan fingerprint density at radius 3 is 3.00 bits per heavy atom. The predicted octanol–water partition coefficient (Wildman–Crippen LogP) is 2.29. The number of nitrogens with zero attached hydrogens (tertiary/aromatic N) is 1. The molecule has 1 N–H and O–H groups in total. The minimum Gasteiger partial charge on any atom is -0.389 e. The zero-order valence-corrected chi connectivity index (χ0v) is 8.27. The van der Waals surface area contributed by atoms with Gasteiger partial charge in [0.25, 0.3) is 0 Å². The third kappa shape index (κ3) is 3.07. The number of aliphatic hydroxyl groups is 1. The van der Waals surface area contributed by atoms with Crippen molar-refractivity contribution in [2.75, 3.05) is 0 Å². The molecule has 0 spiro atoms. The topological polar surface area (TPSA) is 25.2 Å². The third-order valence-corrected chi connectivity index (χ3v) is 1.87. The van der Waals surface area contributed by atoms with Crippen LogP contribution in [0.5, 0.6) is 0 Å². The Balaban J connectivity index is 2.70. The average Bonchev–Trinajstić information content (AvgIpc) is 2.49. The summed E-state index contributed by atoms with van der Waals surface area (Å²) in [6.45, 7) is 4.94. The zero-order chi connectivity index (χ0) is 9.68. The van der Waals surface area contributed by atoms with Crippen molar-refractivity contribution in [2.24, 2.45) is 0 Å². The number of hydrogen-bond acceptors (Lipinski definition) is 1. The lowest BCUT2D eigenvalue weighted by molar-refractivity contribution is 0.245. The first-order valence-corrected chi connectivity index (χ1v) is 4.75. The minimum atomic E-state index is -0.370. The van der Waals surface area contributed by atoms with Gasteiger partial charge >= 0.3 is 0 Å². The van der Waals surface area contributed by atoms with Crippen LogP contribution in [-0.2, 0) is 6.54 Å². The van der Waals surface area contributed by atoms with Crippen LogP contribution in [0, 0.1) is 0 Å². The Bertz CT molecular complexity index is 273. The molecule has 0 aliphatic rings. The highest BCUT2D eigenvalue weighted by molar-refractivity contribution is 5.45. The summed E-state index contributed by atoms with van der Waals surface area (Å²) in [6, 6.07) is 4.08. The van der Waals surface area contributed by atoms with Gasteiger partial charge in [0, 0.05) is 18.4 Å². The molecule has 1 aromatic heterocycles. The number of rotatable bonds is 4. The lowest BCUT2D eigenvalue weighted by Crippen LogP contribution is -1.98. The van der Waals surface area contributed by atoms with Crippen LogP contribution in [0.1, 0.15) is 26.0 Å². The lowest BCUT2D eigenvalue weighted by atomic mass is 10.3. The normalized spacial score (nSPS) is 13.8. The standard InChI is InChI=1S/C11H17NO/c1-3-8-12-9-4-5-11(12)7-6-10(2)13/h4-7,9-10,13H,3,8H2,1-2H3/b7-6+. The fourth-order valence-electron chi connectivity index (χ4n) is 1.26. The monoisotopic (exact) mass is 179 g/mol. The van der Waals surface area contributed by atoms with E-state index in [0.717, 1.165) is 18.7 Å². The molecule has 0 radical (unpaired) electrons. The number of hydrogen-bond donors (Lipinski definition) is 1. The van der Waals surface area contributed by atoms with E-state index in [1.807, 2.05) is 12.1 Å². The van der Waals surface area contributed by atoms with Crippen molar-refractivity contribution in [2.45, 2.75) is 32.9 Å². The maximum Gasteiger partial charge on any atom is 0.0696 e. The highest BCUT2D eigenvalue weighted by Crippen LogP contribution is 2.06. The second-order valence-electron chi connectivity index (χ2n) is 3.23. The van der Waals surface area contributed by atoms with Gasteiger partial charge in [0.15, 0.2) is 0 Å². The van der Waals surface area contributed by atoms with Crippen molar-refractivity contribution in [1.29, 1.82) is 0 Å². The van der Waals surface area contributed by atoms with Crippen molar-refractivity contribution in [3.05, 3.63) is 30.1 Å². The fourth-order valence-corrected chi connectivity index (χ4v) is 1.26. The van der Waals surface area contributed by atoms with Gasteiger partial charge in [0.2, 0.25) is 0 Å². The molecule has 1 unspecified atom stereocenters. The maximum atomic E-state index is 9.08. The van der Waals surface area contributed by atoms with Gasteiger partial charge in [-0.1, -0.05) is 13.0 Å². The van der Waals surface area contributed by atoms with Gasteiger partial charge in [0.05, 0.1) is 6.10 Å². The van der Waals surface area contributed by atoms with E-state index in [1.165, 1.54) is 0 Å². The highest BCUT2D eigenvalue weighted by Gasteiger charge is 1.95. The van der Waals surface area contributed by atoms with E-state index in [0.29, 0.717) is 0 Å². The molecule has 0 aliphatic heterocycles. The van der Waals surface area contributed by atoms with Crippen LogP contribution < -0.4 is 0 Å². The van der Waals surface area contributed by atoms with E-state index in [4.69, 9.17) is 5.11 Å². The van der Waals surface area contributed by atoms with E-state index >= 15 is 0 Å². The van der Waals surface area contributed by atoms with Gasteiger partial charge in [-0.2, -0.15) is 0 Å². The summed E-state index contributed by atoms with van der Waals surface area (Å²) in [5.74, 6) is 0. The molecule has 0 aromatic carbocycles. The lowest BCUT2D eigenvalue weighted by Gasteiger charge is -2.03. The molecule has 2 heteroatoms. The van der Waals surface area contributed by atoms with Crippen LogP contribution in [-0.4, -0.2) is 15.8 Å². The van der Waals surface area contributed by atoms with Crippen LogP contribution >= 0.6 is 0 Å². The van der Waals surface area contributed by atoms with Crippen molar-refractivity contribution < 1.29 is 5.11 Å². The molecule has 2 nitrogen and oxygen atoms in total. The van der Waals surface area contributed by atoms with Crippen LogP contribution in [0.3, 0.4) is 0 Å². The molecule has 0 fully saturated rings. The minimum absolute atomic E-state index is 0.370. The maximum absolute atomic E-state index is 9.08. The first kappa shape index (κ1) is 10.1. The van der Waals surface area contributed by atoms with E-state index in [2.05, 4.69) is 23.8 Å². The van der Waals surface area contributed by atoms with Gasteiger partial charge < -0.3 is 9.67 Å². The van der Waals surface area contributed by atoms with Crippen LogP contribution in [0.4, 0.5) is 0 Å². The summed E-state index contributed by atoms with van der Waals surface area (Å²) in [7, 11) is 0. The molecule has 1 heterocycles. The summed E-state index contributed by atoms with van der Waals surface area (Å²) < 4.78 is 2.18. The van der Waals surface area contributed by atoms with Gasteiger partial charge in [-0.05, 0) is 31.6 Å². The summed E-state index contributed by atoms with van der Waals surface area (Å²) in [6.07, 6.45) is 6.57. The Morgan fingerprint density at radius 1 is 1.62 bits per heavy atom. The molecule has 0 saturated heterocycles. The first-order chi connectivity index (χ1) is 6.24. The third-order valence-electron chi connectivity index (χ3n) is 1.87. The van der Waals surface area contributed by atoms with Gasteiger partial charge in [-0.25, -0.2) is 0 Å². The van der Waals surface area contributed by atoms with Crippen molar-refractivity contribution in [3.63, 3.8) is 0 Å². The van der Waals surface area contributed by atoms with Crippen molar-refractivity contribution in [1.82, 2.24) is 4.57 Å². The van der Waals surface area contributed by atoms with E-state index in [-0.39, 0.29) is 6.10 Å².